The van der Waals surface area contributed by atoms with Gasteiger partial charge < -0.3 is 9.47 Å². The number of rotatable bonds is 7. The maximum absolute atomic E-state index is 13.7. The summed E-state index contributed by atoms with van der Waals surface area (Å²) < 4.78 is 40.0. The first-order chi connectivity index (χ1) is 17.4. The first-order valence-corrected chi connectivity index (χ1v) is 14.6. The van der Waals surface area contributed by atoms with E-state index in [0.29, 0.717) is 54.1 Å². The second-order valence-corrected chi connectivity index (χ2v) is 12.4. The summed E-state index contributed by atoms with van der Waals surface area (Å²) in [5.41, 5.74) is 1.12. The molecule has 1 atom stereocenters. The number of benzene rings is 2. The summed E-state index contributed by atoms with van der Waals surface area (Å²) in [6.45, 7) is 4.27. The summed E-state index contributed by atoms with van der Waals surface area (Å²) in [6, 6.07) is 12.0. The molecule has 1 amide bonds. The smallest absolute Gasteiger partial charge is 0.260 e. The molecule has 2 aromatic carbocycles. The van der Waals surface area contributed by atoms with Crippen LogP contribution in [0.3, 0.4) is 0 Å². The maximum atomic E-state index is 13.7. The van der Waals surface area contributed by atoms with Gasteiger partial charge >= 0.3 is 0 Å². The number of fused-ring (bicyclic) bond motifs is 1. The molecule has 1 unspecified atom stereocenters. The second-order valence-electron chi connectivity index (χ2n) is 9.47. The molecule has 0 saturated carbocycles. The van der Waals surface area contributed by atoms with Crippen molar-refractivity contribution in [3.05, 3.63) is 48.0 Å². The predicted octanol–water partition coefficient (Wildman–Crippen LogP) is 4.55. The van der Waals surface area contributed by atoms with Crippen LogP contribution in [0.25, 0.3) is 10.2 Å². The molecule has 192 valence electrons. The van der Waals surface area contributed by atoms with Crippen molar-refractivity contribution in [1.29, 1.82) is 0 Å². The Bertz CT molecular complexity index is 1330. The van der Waals surface area contributed by atoms with E-state index in [9.17, 15) is 13.2 Å². The van der Waals surface area contributed by atoms with E-state index in [1.807, 2.05) is 18.2 Å². The average Bonchev–Trinajstić information content (AvgIpc) is 3.57. The Morgan fingerprint density at radius 3 is 2.58 bits per heavy atom. The van der Waals surface area contributed by atoms with Gasteiger partial charge in [0.15, 0.2) is 5.13 Å². The lowest BCUT2D eigenvalue weighted by Crippen LogP contribution is -2.38. The number of hydrogen-bond acceptors (Lipinski definition) is 7. The third-order valence-corrected chi connectivity index (χ3v) is 9.91. The number of para-hydroxylation sites is 1. The first-order valence-electron chi connectivity index (χ1n) is 12.3. The standard InChI is InChI=1S/C26H31N3O5S2/c1-18-12-14-28(15-13-18)36(31,32)21-10-8-19(9-11-21)25(30)29(17-20-5-4-16-34-20)26-27-24-22(33-2)6-3-7-23(24)35-26/h3,6-11,18,20H,4-5,12-17H2,1-2H3. The normalized spacial score (nSPS) is 19.6. The molecule has 3 heterocycles. The summed E-state index contributed by atoms with van der Waals surface area (Å²) in [5.74, 6) is 0.953. The Morgan fingerprint density at radius 1 is 1.17 bits per heavy atom. The molecular formula is C26H31N3O5S2. The molecule has 2 fully saturated rings. The Balaban J connectivity index is 1.43. The fourth-order valence-electron chi connectivity index (χ4n) is 4.73. The molecule has 8 nitrogen and oxygen atoms in total. The van der Waals surface area contributed by atoms with Gasteiger partial charge in [-0.2, -0.15) is 4.31 Å². The van der Waals surface area contributed by atoms with Crippen LogP contribution in [0.2, 0.25) is 0 Å². The molecule has 3 aromatic rings. The van der Waals surface area contributed by atoms with Crippen LogP contribution in [0.5, 0.6) is 5.75 Å². The largest absolute Gasteiger partial charge is 0.494 e. The van der Waals surface area contributed by atoms with Gasteiger partial charge in [-0.1, -0.05) is 24.3 Å². The van der Waals surface area contributed by atoms with Gasteiger partial charge in [-0.15, -0.1) is 0 Å². The van der Waals surface area contributed by atoms with Gasteiger partial charge in [-0.25, -0.2) is 13.4 Å². The number of anilines is 1. The number of methoxy groups -OCH3 is 1. The van der Waals surface area contributed by atoms with Crippen LogP contribution in [0.1, 0.15) is 43.0 Å². The molecule has 10 heteroatoms. The van der Waals surface area contributed by atoms with E-state index in [4.69, 9.17) is 14.5 Å². The molecule has 0 N–H and O–H groups in total. The van der Waals surface area contributed by atoms with Crippen LogP contribution in [-0.2, 0) is 14.8 Å². The topological polar surface area (TPSA) is 89.0 Å². The summed E-state index contributed by atoms with van der Waals surface area (Å²) >= 11 is 1.42. The lowest BCUT2D eigenvalue weighted by Gasteiger charge is -2.29. The monoisotopic (exact) mass is 529 g/mol. The zero-order valence-electron chi connectivity index (χ0n) is 20.6. The minimum absolute atomic E-state index is 0.0657. The van der Waals surface area contributed by atoms with Crippen LogP contribution in [0.4, 0.5) is 5.13 Å². The van der Waals surface area contributed by atoms with Crippen molar-refractivity contribution in [1.82, 2.24) is 9.29 Å². The Hall–Kier alpha value is -2.53. The number of thiazole rings is 1. The van der Waals surface area contributed by atoms with Crippen molar-refractivity contribution >= 4 is 42.6 Å². The van der Waals surface area contributed by atoms with Crippen LogP contribution >= 0.6 is 11.3 Å². The highest BCUT2D eigenvalue weighted by Crippen LogP contribution is 2.35. The number of sulfonamides is 1. The van der Waals surface area contributed by atoms with E-state index in [1.165, 1.54) is 23.5 Å². The molecule has 5 rings (SSSR count). The van der Waals surface area contributed by atoms with Gasteiger partial charge in [0, 0.05) is 25.3 Å². The maximum Gasteiger partial charge on any atom is 0.260 e. The molecule has 2 saturated heterocycles. The highest BCUT2D eigenvalue weighted by molar-refractivity contribution is 7.89. The predicted molar refractivity (Wildman–Crippen MR) is 140 cm³/mol. The van der Waals surface area contributed by atoms with Crippen molar-refractivity contribution in [3.63, 3.8) is 0 Å². The van der Waals surface area contributed by atoms with Crippen molar-refractivity contribution < 1.29 is 22.7 Å². The van der Waals surface area contributed by atoms with Crippen LogP contribution in [0, 0.1) is 5.92 Å². The highest BCUT2D eigenvalue weighted by Gasteiger charge is 2.30. The van der Waals surface area contributed by atoms with Gasteiger partial charge in [0.25, 0.3) is 5.91 Å². The molecule has 1 aromatic heterocycles. The lowest BCUT2D eigenvalue weighted by molar-refractivity contribution is 0.0917. The van der Waals surface area contributed by atoms with Crippen LogP contribution < -0.4 is 9.64 Å². The lowest BCUT2D eigenvalue weighted by atomic mass is 10.0. The van der Waals surface area contributed by atoms with Gasteiger partial charge in [0.1, 0.15) is 11.3 Å². The highest BCUT2D eigenvalue weighted by atomic mass is 32.2. The zero-order chi connectivity index (χ0) is 25.3. The Labute approximate surface area is 215 Å². The Kier molecular flexibility index (Phi) is 7.30. The summed E-state index contributed by atoms with van der Waals surface area (Å²) in [6.07, 6.45) is 3.50. The number of carbonyl (C=O) groups is 1. The Morgan fingerprint density at radius 2 is 1.92 bits per heavy atom. The summed E-state index contributed by atoms with van der Waals surface area (Å²) in [4.78, 5) is 20.3. The molecular weight excluding hydrogens is 498 g/mol. The fraction of sp³-hybridized carbons (Fsp3) is 0.462. The minimum atomic E-state index is -3.58. The van der Waals surface area contributed by atoms with E-state index in [0.717, 1.165) is 30.4 Å². The first kappa shape index (κ1) is 25.1. The van der Waals surface area contributed by atoms with Crippen molar-refractivity contribution in [2.75, 3.05) is 38.3 Å². The van der Waals surface area contributed by atoms with Crippen LogP contribution in [-0.4, -0.2) is 63.1 Å². The van der Waals surface area contributed by atoms with Gasteiger partial charge in [0.05, 0.1) is 29.4 Å². The van der Waals surface area contributed by atoms with Crippen molar-refractivity contribution in [2.24, 2.45) is 5.92 Å². The van der Waals surface area contributed by atoms with Gasteiger partial charge in [-0.3, -0.25) is 9.69 Å². The average molecular weight is 530 g/mol. The number of nitrogens with zero attached hydrogens (tertiary/aromatic N) is 3. The van der Waals surface area contributed by atoms with E-state index < -0.39 is 10.0 Å². The van der Waals surface area contributed by atoms with E-state index >= 15 is 0 Å². The fourth-order valence-corrected chi connectivity index (χ4v) is 7.19. The minimum Gasteiger partial charge on any atom is -0.494 e. The number of piperidine rings is 1. The number of amides is 1. The molecule has 0 aliphatic carbocycles. The van der Waals surface area contributed by atoms with Crippen molar-refractivity contribution in [3.8, 4) is 5.75 Å². The molecule has 36 heavy (non-hydrogen) atoms. The second kappa shape index (κ2) is 10.5. The van der Waals surface area contributed by atoms with Crippen LogP contribution in [0.15, 0.2) is 47.4 Å². The summed E-state index contributed by atoms with van der Waals surface area (Å²) in [5, 5.41) is 0.564. The number of ether oxygens (including phenoxy) is 2. The molecule has 2 aliphatic heterocycles. The van der Waals surface area contributed by atoms with Crippen molar-refractivity contribution in [2.45, 2.75) is 43.6 Å². The number of aromatic nitrogens is 1. The van der Waals surface area contributed by atoms with Gasteiger partial charge in [0.2, 0.25) is 10.0 Å². The zero-order valence-corrected chi connectivity index (χ0v) is 22.2. The third-order valence-electron chi connectivity index (χ3n) is 6.96. The molecule has 0 radical (unpaired) electrons. The third kappa shape index (κ3) is 5.00. The molecule has 0 bridgehead atoms. The summed E-state index contributed by atoms with van der Waals surface area (Å²) in [7, 11) is -1.98. The number of hydrogen-bond donors (Lipinski definition) is 0. The van der Waals surface area contributed by atoms with E-state index in [-0.39, 0.29) is 16.9 Å². The molecule has 0 spiro atoms. The SMILES string of the molecule is COc1cccc2sc(N(CC3CCCO3)C(=O)c3ccc(S(=O)(=O)N4CCC(C)CC4)cc3)nc12. The quantitative estimate of drug-likeness (QED) is 0.446. The van der Waals surface area contributed by atoms with Gasteiger partial charge in [-0.05, 0) is 68.0 Å². The van der Waals surface area contributed by atoms with E-state index in [2.05, 4.69) is 6.92 Å². The molecule has 2 aliphatic rings. The number of carbonyl (C=O) groups excluding carboxylic acids is 1. The van der Waals surface area contributed by atoms with E-state index in [1.54, 1.807) is 28.4 Å².